The molecule has 2 aliphatic rings. The van der Waals surface area contributed by atoms with E-state index in [0.29, 0.717) is 5.92 Å². The Bertz CT molecular complexity index is 258. The smallest absolute Gasteiger partial charge is 0.0580 e. The second-order valence-electron chi connectivity index (χ2n) is 7.30. The minimum absolute atomic E-state index is 0.0427. The van der Waals surface area contributed by atoms with Crippen LogP contribution in [0.4, 0.5) is 0 Å². The van der Waals surface area contributed by atoms with Gasteiger partial charge in [-0.2, -0.15) is 0 Å². The van der Waals surface area contributed by atoms with Gasteiger partial charge in [-0.05, 0) is 68.9 Å². The van der Waals surface area contributed by atoms with Gasteiger partial charge in [-0.3, -0.25) is 0 Å². The summed E-state index contributed by atoms with van der Waals surface area (Å²) in [6.07, 6.45) is 7.53. The Morgan fingerprint density at radius 3 is 2.37 bits per heavy atom. The lowest BCUT2D eigenvalue weighted by molar-refractivity contribution is 0.0127. The van der Waals surface area contributed by atoms with Crippen molar-refractivity contribution >= 4 is 0 Å². The van der Waals surface area contributed by atoms with Crippen LogP contribution in [0.3, 0.4) is 0 Å². The molecule has 1 saturated carbocycles. The summed E-state index contributed by atoms with van der Waals surface area (Å²) in [5, 5.41) is 10.3. The fourth-order valence-electron chi connectivity index (χ4n) is 3.99. The zero-order chi connectivity index (χ0) is 13.8. The second kappa shape index (κ2) is 7.08. The van der Waals surface area contributed by atoms with E-state index in [0.717, 1.165) is 30.7 Å². The van der Waals surface area contributed by atoms with Crippen LogP contribution in [0.15, 0.2) is 0 Å². The van der Waals surface area contributed by atoms with E-state index in [-0.39, 0.29) is 6.10 Å². The number of likely N-dealkylation sites (tertiary alicyclic amines) is 1. The van der Waals surface area contributed by atoms with Crippen LogP contribution in [0.25, 0.3) is 0 Å². The van der Waals surface area contributed by atoms with Gasteiger partial charge >= 0.3 is 0 Å². The molecule has 19 heavy (non-hydrogen) atoms. The predicted molar refractivity (Wildman–Crippen MR) is 81.1 cm³/mol. The first-order valence-electron chi connectivity index (χ1n) is 8.50. The standard InChI is InChI=1S/C17H33NO/c1-4-14-7-9-18(10-8-14)12-16-11-15(13(2)3)5-6-17(16)19/h13-17,19H,4-12H2,1-3H3. The van der Waals surface area contributed by atoms with Crippen molar-refractivity contribution in [2.45, 2.75) is 65.4 Å². The predicted octanol–water partition coefficient (Wildman–Crippen LogP) is 3.54. The Balaban J connectivity index is 1.80. The van der Waals surface area contributed by atoms with Crippen LogP contribution in [0.5, 0.6) is 0 Å². The van der Waals surface area contributed by atoms with E-state index in [1.807, 2.05) is 0 Å². The highest BCUT2D eigenvalue weighted by atomic mass is 16.3. The fourth-order valence-corrected chi connectivity index (χ4v) is 3.99. The molecule has 0 radical (unpaired) electrons. The molecule has 0 spiro atoms. The molecular weight excluding hydrogens is 234 g/mol. The number of aliphatic hydroxyl groups excluding tert-OH is 1. The lowest BCUT2D eigenvalue weighted by Gasteiger charge is -2.40. The first kappa shape index (κ1) is 15.3. The van der Waals surface area contributed by atoms with Crippen molar-refractivity contribution in [2.24, 2.45) is 23.7 Å². The van der Waals surface area contributed by atoms with Crippen LogP contribution >= 0.6 is 0 Å². The molecular formula is C17H33NO. The Morgan fingerprint density at radius 2 is 1.79 bits per heavy atom. The first-order chi connectivity index (χ1) is 9.10. The molecule has 3 unspecified atom stereocenters. The number of hydrogen-bond acceptors (Lipinski definition) is 2. The average molecular weight is 267 g/mol. The normalized spacial score (nSPS) is 34.9. The molecule has 2 rings (SSSR count). The maximum absolute atomic E-state index is 10.3. The summed E-state index contributed by atoms with van der Waals surface area (Å²) < 4.78 is 0. The number of piperidine rings is 1. The van der Waals surface area contributed by atoms with Crippen LogP contribution in [-0.4, -0.2) is 35.7 Å². The lowest BCUT2D eigenvalue weighted by Crippen LogP contribution is -2.42. The van der Waals surface area contributed by atoms with E-state index in [4.69, 9.17) is 0 Å². The monoisotopic (exact) mass is 267 g/mol. The van der Waals surface area contributed by atoms with E-state index >= 15 is 0 Å². The van der Waals surface area contributed by atoms with E-state index in [1.54, 1.807) is 0 Å². The summed E-state index contributed by atoms with van der Waals surface area (Å²) >= 11 is 0. The lowest BCUT2D eigenvalue weighted by atomic mass is 9.74. The molecule has 2 nitrogen and oxygen atoms in total. The molecule has 1 N–H and O–H groups in total. The van der Waals surface area contributed by atoms with E-state index < -0.39 is 0 Å². The number of rotatable bonds is 4. The molecule has 2 heteroatoms. The van der Waals surface area contributed by atoms with Gasteiger partial charge in [-0.15, -0.1) is 0 Å². The molecule has 3 atom stereocenters. The van der Waals surface area contributed by atoms with Crippen molar-refractivity contribution in [2.75, 3.05) is 19.6 Å². The van der Waals surface area contributed by atoms with Gasteiger partial charge in [0.05, 0.1) is 6.10 Å². The van der Waals surface area contributed by atoms with E-state index in [2.05, 4.69) is 25.7 Å². The maximum atomic E-state index is 10.3. The topological polar surface area (TPSA) is 23.5 Å². The molecule has 0 bridgehead atoms. The molecule has 1 aliphatic heterocycles. The SMILES string of the molecule is CCC1CCN(CC2CC(C(C)C)CCC2O)CC1. The molecule has 112 valence electrons. The maximum Gasteiger partial charge on any atom is 0.0580 e. The van der Waals surface area contributed by atoms with Crippen molar-refractivity contribution in [3.63, 3.8) is 0 Å². The Hall–Kier alpha value is -0.0800. The molecule has 1 saturated heterocycles. The highest BCUT2D eigenvalue weighted by Gasteiger charge is 2.32. The Labute approximate surface area is 119 Å². The number of nitrogens with zero attached hydrogens (tertiary/aromatic N) is 1. The number of aliphatic hydroxyl groups is 1. The van der Waals surface area contributed by atoms with E-state index in [9.17, 15) is 5.11 Å². The number of hydrogen-bond donors (Lipinski definition) is 1. The minimum Gasteiger partial charge on any atom is -0.393 e. The summed E-state index contributed by atoms with van der Waals surface area (Å²) in [6.45, 7) is 10.7. The van der Waals surface area contributed by atoms with Crippen LogP contribution in [0, 0.1) is 23.7 Å². The van der Waals surface area contributed by atoms with Crippen LogP contribution < -0.4 is 0 Å². The minimum atomic E-state index is -0.0427. The Morgan fingerprint density at radius 1 is 1.11 bits per heavy atom. The summed E-state index contributed by atoms with van der Waals surface area (Å²) in [4.78, 5) is 2.61. The summed E-state index contributed by atoms with van der Waals surface area (Å²) in [5.41, 5.74) is 0. The molecule has 0 amide bonds. The van der Waals surface area contributed by atoms with Crippen LogP contribution in [-0.2, 0) is 0 Å². The molecule has 1 heterocycles. The summed E-state index contributed by atoms with van der Waals surface area (Å²) in [6, 6.07) is 0. The Kier molecular flexibility index (Phi) is 5.70. The van der Waals surface area contributed by atoms with Crippen molar-refractivity contribution in [3.8, 4) is 0 Å². The van der Waals surface area contributed by atoms with Crippen LogP contribution in [0.1, 0.15) is 59.3 Å². The molecule has 2 fully saturated rings. The highest BCUT2D eigenvalue weighted by Crippen LogP contribution is 2.35. The average Bonchev–Trinajstić information content (AvgIpc) is 2.42. The third kappa shape index (κ3) is 4.19. The van der Waals surface area contributed by atoms with Gasteiger partial charge < -0.3 is 10.0 Å². The molecule has 0 aromatic rings. The zero-order valence-corrected chi connectivity index (χ0v) is 13.1. The largest absolute Gasteiger partial charge is 0.393 e. The van der Waals surface area contributed by atoms with Gasteiger partial charge in [0.2, 0.25) is 0 Å². The highest BCUT2D eigenvalue weighted by molar-refractivity contribution is 4.84. The second-order valence-corrected chi connectivity index (χ2v) is 7.30. The fraction of sp³-hybridized carbons (Fsp3) is 1.00. The van der Waals surface area contributed by atoms with Gasteiger partial charge in [-0.1, -0.05) is 27.2 Å². The van der Waals surface area contributed by atoms with Crippen molar-refractivity contribution in [1.29, 1.82) is 0 Å². The summed E-state index contributed by atoms with van der Waals surface area (Å²) in [5.74, 6) is 3.10. The third-order valence-corrected chi connectivity index (χ3v) is 5.70. The quantitative estimate of drug-likeness (QED) is 0.842. The van der Waals surface area contributed by atoms with Gasteiger partial charge in [0, 0.05) is 6.54 Å². The molecule has 0 aromatic carbocycles. The third-order valence-electron chi connectivity index (χ3n) is 5.70. The van der Waals surface area contributed by atoms with Gasteiger partial charge in [-0.25, -0.2) is 0 Å². The van der Waals surface area contributed by atoms with Crippen molar-refractivity contribution in [3.05, 3.63) is 0 Å². The molecule has 0 aromatic heterocycles. The van der Waals surface area contributed by atoms with Gasteiger partial charge in [0.15, 0.2) is 0 Å². The van der Waals surface area contributed by atoms with E-state index in [1.165, 1.54) is 45.2 Å². The van der Waals surface area contributed by atoms with Crippen molar-refractivity contribution in [1.82, 2.24) is 4.90 Å². The van der Waals surface area contributed by atoms with Gasteiger partial charge in [0.25, 0.3) is 0 Å². The molecule has 1 aliphatic carbocycles. The first-order valence-corrected chi connectivity index (χ1v) is 8.50. The van der Waals surface area contributed by atoms with Gasteiger partial charge in [0.1, 0.15) is 0 Å². The van der Waals surface area contributed by atoms with Crippen molar-refractivity contribution < 1.29 is 5.11 Å². The zero-order valence-electron chi connectivity index (χ0n) is 13.1. The summed E-state index contributed by atoms with van der Waals surface area (Å²) in [7, 11) is 0. The van der Waals surface area contributed by atoms with Crippen LogP contribution in [0.2, 0.25) is 0 Å².